The Balaban J connectivity index is 2.65. The Morgan fingerprint density at radius 1 is 0.775 bits per heavy atom. The molecule has 0 unspecified atom stereocenters. The topological polar surface area (TPSA) is 110 Å². The molecule has 2 rings (SSSR count). The fourth-order valence-corrected chi connectivity index (χ4v) is 6.02. The zero-order valence-corrected chi connectivity index (χ0v) is 26.9. The molecule has 220 valence electrons. The van der Waals surface area contributed by atoms with Crippen LogP contribution in [0, 0.1) is 7.14 Å². The van der Waals surface area contributed by atoms with Crippen molar-refractivity contribution in [1.82, 2.24) is 4.90 Å². The number of nitrogens with zero attached hydrogens (tertiary/aromatic N) is 1. The van der Waals surface area contributed by atoms with E-state index in [0.717, 1.165) is 12.9 Å². The first-order chi connectivity index (χ1) is 18.6. The Hall–Kier alpha value is -3.22. The van der Waals surface area contributed by atoms with Crippen LogP contribution in [0.3, 0.4) is 0 Å². The molecule has 2 aromatic carbocycles. The van der Waals surface area contributed by atoms with E-state index < -0.39 is 56.6 Å². The van der Waals surface area contributed by atoms with Crippen molar-refractivity contribution in [1.29, 1.82) is 0 Å². The summed E-state index contributed by atoms with van der Waals surface area (Å²) in [6.45, 7) is 9.98. The minimum atomic E-state index is -1.38. The second-order valence-electron chi connectivity index (χ2n) is 10.6. The minimum Gasteiger partial charge on any atom is -0.497 e. The van der Waals surface area contributed by atoms with E-state index >= 15 is 0 Å². The fourth-order valence-electron chi connectivity index (χ4n) is 3.47. The predicted octanol–water partition coefficient (Wildman–Crippen LogP) is 2.10. The summed E-state index contributed by atoms with van der Waals surface area (Å²) in [5, 5.41) is 0. The summed E-state index contributed by atoms with van der Waals surface area (Å²) in [5.41, 5.74) is -1.20. The number of imide groups is 1. The van der Waals surface area contributed by atoms with E-state index in [4.69, 9.17) is 28.4 Å². The third-order valence-corrected chi connectivity index (χ3v) is 8.12. The molecule has 0 aliphatic carbocycles. The third kappa shape index (κ3) is 9.46. The first-order valence-corrected chi connectivity index (χ1v) is 14.6. The molecule has 0 aromatic heterocycles. The molecule has 0 spiro atoms. The van der Waals surface area contributed by atoms with Gasteiger partial charge in [0, 0.05) is 18.1 Å². The molecule has 2 aromatic rings. The highest BCUT2D eigenvalue weighted by Crippen LogP contribution is 2.29. The number of carbonyl (C=O) groups excluding carboxylic acids is 3. The summed E-state index contributed by atoms with van der Waals surface area (Å²) in [7, 11) is 5.84. The molecule has 0 bridgehead atoms. The van der Waals surface area contributed by atoms with Crippen LogP contribution in [-0.4, -0.2) is 68.7 Å². The van der Waals surface area contributed by atoms with Crippen LogP contribution in [-0.2, 0) is 25.4 Å². The molecule has 11 heteroatoms. The van der Waals surface area contributed by atoms with E-state index in [2.05, 4.69) is 0 Å². The van der Waals surface area contributed by atoms with Crippen LogP contribution in [0.1, 0.15) is 47.1 Å². The molecule has 0 heterocycles. The van der Waals surface area contributed by atoms with E-state index in [9.17, 15) is 14.4 Å². The Labute approximate surface area is 246 Å². The van der Waals surface area contributed by atoms with Gasteiger partial charge in [0.1, 0.15) is 23.0 Å². The van der Waals surface area contributed by atoms with Crippen LogP contribution in [0.25, 0.3) is 0 Å². The molecule has 10 nitrogen and oxygen atoms in total. The number of methoxy groups -OCH3 is 4. The summed E-state index contributed by atoms with van der Waals surface area (Å²) in [6.07, 6.45) is -2.12. The van der Waals surface area contributed by atoms with Gasteiger partial charge in [-0.15, -0.1) is 0 Å². The monoisotopic (exact) mass is 672 g/mol. The molecular formula is C29H39INO9+. The van der Waals surface area contributed by atoms with Gasteiger partial charge in [-0.05, 0) is 71.9 Å². The molecule has 0 radical (unpaired) electrons. The minimum absolute atomic E-state index is 0.0727. The number of benzene rings is 2. The molecule has 0 saturated heterocycles. The highest BCUT2D eigenvalue weighted by atomic mass is 127. The van der Waals surface area contributed by atoms with Crippen LogP contribution in [0.4, 0.5) is 9.59 Å². The van der Waals surface area contributed by atoms with Crippen molar-refractivity contribution in [3.63, 3.8) is 0 Å². The SMILES string of the molecule is COC(=O)[C@H](Cc1cc(OC)c(OC)cc1[I+]c1ccc(OC)cc1)N(C(=O)OC(C)(C)C)C(=O)OC(C)(C)C. The standard InChI is InChI=1S/C29H39INO9/c1-28(2,3)39-26(33)31(27(34)40-29(4,5)6)22(25(32)38-10)15-18-16-23(36-8)24(37-9)17-21(18)30-19-11-13-20(35-7)14-12-19/h11-14,16-17,22H,15H2,1-10H3/q+1/t22-/m0/s1. The van der Waals surface area contributed by atoms with Gasteiger partial charge in [-0.3, -0.25) is 0 Å². The number of hydrogen-bond acceptors (Lipinski definition) is 9. The van der Waals surface area contributed by atoms with E-state index in [-0.39, 0.29) is 6.42 Å². The van der Waals surface area contributed by atoms with Gasteiger partial charge in [-0.2, -0.15) is 4.90 Å². The molecule has 40 heavy (non-hydrogen) atoms. The maximum absolute atomic E-state index is 13.3. The lowest BCUT2D eigenvalue weighted by atomic mass is 10.0. The zero-order chi connectivity index (χ0) is 30.3. The second-order valence-corrected chi connectivity index (χ2v) is 13.6. The van der Waals surface area contributed by atoms with Crippen molar-refractivity contribution in [2.45, 2.75) is 65.2 Å². The van der Waals surface area contributed by atoms with Gasteiger partial charge < -0.3 is 28.4 Å². The Morgan fingerprint density at radius 2 is 1.27 bits per heavy atom. The number of halogens is 1. The largest absolute Gasteiger partial charge is 0.497 e. The number of amides is 2. The van der Waals surface area contributed by atoms with Crippen LogP contribution < -0.4 is 35.4 Å². The summed E-state index contributed by atoms with van der Waals surface area (Å²) < 4.78 is 34.4. The lowest BCUT2D eigenvalue weighted by Crippen LogP contribution is -3.61. The maximum atomic E-state index is 13.3. The van der Waals surface area contributed by atoms with Gasteiger partial charge in [0.2, 0.25) is 3.57 Å². The molecule has 0 aliphatic heterocycles. The van der Waals surface area contributed by atoms with Gasteiger partial charge in [0.25, 0.3) is 0 Å². The first-order valence-electron chi connectivity index (χ1n) is 12.5. The molecule has 0 saturated carbocycles. The molecule has 0 fully saturated rings. The fraction of sp³-hybridized carbons (Fsp3) is 0.483. The highest BCUT2D eigenvalue weighted by molar-refractivity contribution is 5.94. The normalized spacial score (nSPS) is 12.2. The molecule has 0 N–H and O–H groups in total. The van der Waals surface area contributed by atoms with E-state index in [0.29, 0.717) is 22.0 Å². The molecule has 1 atom stereocenters. The number of esters is 1. The smallest absolute Gasteiger partial charge is 0.420 e. The summed E-state index contributed by atoms with van der Waals surface area (Å²) in [5.74, 6) is 0.876. The van der Waals surface area contributed by atoms with Crippen LogP contribution in [0.5, 0.6) is 17.2 Å². The average Bonchev–Trinajstić information content (AvgIpc) is 2.86. The van der Waals surface area contributed by atoms with Crippen LogP contribution in [0.15, 0.2) is 36.4 Å². The van der Waals surface area contributed by atoms with Crippen molar-refractivity contribution in [2.24, 2.45) is 0 Å². The van der Waals surface area contributed by atoms with Gasteiger partial charge in [-0.25, -0.2) is 14.4 Å². The molecule has 2 amide bonds. The van der Waals surface area contributed by atoms with Crippen molar-refractivity contribution >= 4 is 18.2 Å². The predicted molar refractivity (Wildman–Crippen MR) is 144 cm³/mol. The third-order valence-electron chi connectivity index (χ3n) is 5.19. The Morgan fingerprint density at radius 3 is 1.70 bits per heavy atom. The Kier molecular flexibility index (Phi) is 11.5. The molecule has 0 aliphatic rings. The van der Waals surface area contributed by atoms with E-state index in [1.54, 1.807) is 54.7 Å². The van der Waals surface area contributed by atoms with Gasteiger partial charge in [0.05, 0.1) is 28.4 Å². The number of carbonyl (C=O) groups is 3. The number of rotatable bonds is 9. The van der Waals surface area contributed by atoms with Gasteiger partial charge in [0.15, 0.2) is 15.1 Å². The Bertz CT molecular complexity index is 1160. The number of hydrogen-bond donors (Lipinski definition) is 0. The summed E-state index contributed by atoms with van der Waals surface area (Å²) >= 11 is -0.799. The molecular weight excluding hydrogens is 633 g/mol. The van der Waals surface area contributed by atoms with Gasteiger partial charge >= 0.3 is 39.4 Å². The zero-order valence-electron chi connectivity index (χ0n) is 24.7. The quantitative estimate of drug-likeness (QED) is 0.225. The van der Waals surface area contributed by atoms with Gasteiger partial charge in [-0.1, -0.05) is 0 Å². The second kappa shape index (κ2) is 13.9. The lowest BCUT2D eigenvalue weighted by Gasteiger charge is -2.32. The van der Waals surface area contributed by atoms with Crippen molar-refractivity contribution < 1.29 is 64.0 Å². The summed E-state index contributed by atoms with van der Waals surface area (Å²) in [6, 6.07) is 9.90. The first kappa shape index (κ1) is 33.0. The number of ether oxygens (including phenoxy) is 6. The van der Waals surface area contributed by atoms with Crippen molar-refractivity contribution in [2.75, 3.05) is 28.4 Å². The average molecular weight is 673 g/mol. The maximum Gasteiger partial charge on any atom is 0.420 e. The van der Waals surface area contributed by atoms with Crippen LogP contribution in [0.2, 0.25) is 0 Å². The van der Waals surface area contributed by atoms with Crippen molar-refractivity contribution in [3.05, 3.63) is 49.1 Å². The van der Waals surface area contributed by atoms with Crippen LogP contribution >= 0.6 is 0 Å². The van der Waals surface area contributed by atoms with E-state index in [1.165, 1.54) is 21.3 Å². The highest BCUT2D eigenvalue weighted by Gasteiger charge is 2.42. The summed E-state index contributed by atoms with van der Waals surface area (Å²) in [4.78, 5) is 40.6. The van der Waals surface area contributed by atoms with Crippen molar-refractivity contribution in [3.8, 4) is 17.2 Å². The van der Waals surface area contributed by atoms with E-state index in [1.807, 2.05) is 30.3 Å². The lowest BCUT2D eigenvalue weighted by molar-refractivity contribution is -0.598.